The highest BCUT2D eigenvalue weighted by Gasteiger charge is 2.22. The third kappa shape index (κ3) is 2.80. The van der Waals surface area contributed by atoms with Crippen LogP contribution in [0.2, 0.25) is 0 Å². The van der Waals surface area contributed by atoms with Gasteiger partial charge in [-0.2, -0.15) is 0 Å². The second-order valence-electron chi connectivity index (χ2n) is 3.10. The van der Waals surface area contributed by atoms with E-state index in [0.717, 1.165) is 6.20 Å². The standard InChI is InChI=1S/C10H11F2NO4/c1-16-6(14)3-5-4-13-7(10(11)12)8(15)9(5)17-2/h4,10,15H,3H2,1-2H3. The van der Waals surface area contributed by atoms with Crippen LogP contribution in [0, 0.1) is 0 Å². The Kier molecular flexibility index (Phi) is 4.19. The number of hydrogen-bond acceptors (Lipinski definition) is 5. The molecular weight excluding hydrogens is 236 g/mol. The van der Waals surface area contributed by atoms with Gasteiger partial charge in [-0.05, 0) is 0 Å². The minimum atomic E-state index is -2.92. The quantitative estimate of drug-likeness (QED) is 0.815. The number of nitrogens with zero attached hydrogens (tertiary/aromatic N) is 1. The number of aromatic hydroxyl groups is 1. The van der Waals surface area contributed by atoms with E-state index in [-0.39, 0.29) is 17.7 Å². The summed E-state index contributed by atoms with van der Waals surface area (Å²) in [5.74, 6) is -1.54. The van der Waals surface area contributed by atoms with Crippen molar-refractivity contribution in [1.29, 1.82) is 0 Å². The van der Waals surface area contributed by atoms with Crippen LogP contribution in [-0.2, 0) is 16.0 Å². The Morgan fingerprint density at radius 3 is 2.65 bits per heavy atom. The molecule has 0 radical (unpaired) electrons. The number of pyridine rings is 1. The maximum Gasteiger partial charge on any atom is 0.310 e. The Hall–Kier alpha value is -1.92. The molecule has 5 nitrogen and oxygen atoms in total. The van der Waals surface area contributed by atoms with Crippen LogP contribution in [0.25, 0.3) is 0 Å². The number of rotatable bonds is 4. The molecule has 17 heavy (non-hydrogen) atoms. The molecule has 0 saturated carbocycles. The van der Waals surface area contributed by atoms with E-state index in [1.54, 1.807) is 0 Å². The fraction of sp³-hybridized carbons (Fsp3) is 0.400. The zero-order valence-corrected chi connectivity index (χ0v) is 9.24. The lowest BCUT2D eigenvalue weighted by Crippen LogP contribution is -2.07. The first kappa shape index (κ1) is 13.1. The largest absolute Gasteiger partial charge is 0.503 e. The zero-order chi connectivity index (χ0) is 13.0. The molecule has 0 amide bonds. The van der Waals surface area contributed by atoms with Crippen molar-refractivity contribution in [2.75, 3.05) is 14.2 Å². The Morgan fingerprint density at radius 1 is 1.53 bits per heavy atom. The second-order valence-corrected chi connectivity index (χ2v) is 3.10. The van der Waals surface area contributed by atoms with E-state index in [0.29, 0.717) is 0 Å². The average Bonchev–Trinajstić information content (AvgIpc) is 2.28. The summed E-state index contributed by atoms with van der Waals surface area (Å²) in [5, 5.41) is 9.51. The number of hydrogen-bond donors (Lipinski definition) is 1. The van der Waals surface area contributed by atoms with Crippen LogP contribution in [0.3, 0.4) is 0 Å². The van der Waals surface area contributed by atoms with Gasteiger partial charge in [0.25, 0.3) is 6.43 Å². The van der Waals surface area contributed by atoms with E-state index in [4.69, 9.17) is 4.74 Å². The molecule has 0 unspecified atom stereocenters. The van der Waals surface area contributed by atoms with E-state index in [1.807, 2.05) is 0 Å². The molecule has 0 saturated heterocycles. The first-order valence-electron chi connectivity index (χ1n) is 4.61. The highest BCUT2D eigenvalue weighted by molar-refractivity contribution is 5.74. The van der Waals surface area contributed by atoms with E-state index >= 15 is 0 Å². The van der Waals surface area contributed by atoms with Crippen molar-refractivity contribution in [3.8, 4) is 11.5 Å². The predicted molar refractivity (Wildman–Crippen MR) is 53.1 cm³/mol. The fourth-order valence-electron chi connectivity index (χ4n) is 1.28. The maximum atomic E-state index is 12.4. The van der Waals surface area contributed by atoms with Gasteiger partial charge in [0.05, 0.1) is 20.6 Å². The highest BCUT2D eigenvalue weighted by atomic mass is 19.3. The predicted octanol–water partition coefficient (Wildman–Crippen LogP) is 1.45. The van der Waals surface area contributed by atoms with Crippen LogP contribution < -0.4 is 4.74 Å². The highest BCUT2D eigenvalue weighted by Crippen LogP contribution is 2.37. The Labute approximate surface area is 96.0 Å². The number of esters is 1. The van der Waals surface area contributed by atoms with E-state index in [2.05, 4.69) is 9.72 Å². The molecule has 7 heteroatoms. The van der Waals surface area contributed by atoms with Crippen molar-refractivity contribution in [3.05, 3.63) is 17.5 Å². The smallest absolute Gasteiger partial charge is 0.310 e. The molecular formula is C10H11F2NO4. The summed E-state index contributed by atoms with van der Waals surface area (Å²) in [6.07, 6.45) is -2.09. The summed E-state index contributed by atoms with van der Waals surface area (Å²) in [6, 6.07) is 0. The molecule has 0 fully saturated rings. The third-order valence-electron chi connectivity index (χ3n) is 2.08. The minimum absolute atomic E-state index is 0.182. The SMILES string of the molecule is COC(=O)Cc1cnc(C(F)F)c(O)c1OC. The van der Waals surface area contributed by atoms with Crippen molar-refractivity contribution in [2.24, 2.45) is 0 Å². The summed E-state index contributed by atoms with van der Waals surface area (Å²) in [7, 11) is 2.39. The Morgan fingerprint density at radius 2 is 2.18 bits per heavy atom. The molecule has 1 N–H and O–H groups in total. The van der Waals surface area contributed by atoms with Gasteiger partial charge in [-0.15, -0.1) is 0 Å². The summed E-state index contributed by atoms with van der Waals surface area (Å²) >= 11 is 0. The normalized spacial score (nSPS) is 10.4. The summed E-state index contributed by atoms with van der Waals surface area (Å²) in [6.45, 7) is 0. The van der Waals surface area contributed by atoms with E-state index < -0.39 is 23.8 Å². The van der Waals surface area contributed by atoms with Crippen LogP contribution in [0.4, 0.5) is 8.78 Å². The first-order valence-corrected chi connectivity index (χ1v) is 4.61. The van der Waals surface area contributed by atoms with Gasteiger partial charge in [0, 0.05) is 11.8 Å². The summed E-state index contributed by atoms with van der Waals surface area (Å²) < 4.78 is 34.1. The summed E-state index contributed by atoms with van der Waals surface area (Å²) in [5.41, 5.74) is -0.600. The molecule has 0 aliphatic rings. The van der Waals surface area contributed by atoms with Gasteiger partial charge in [-0.1, -0.05) is 0 Å². The van der Waals surface area contributed by atoms with E-state index in [9.17, 15) is 18.7 Å². The topological polar surface area (TPSA) is 68.7 Å². The van der Waals surface area contributed by atoms with Gasteiger partial charge < -0.3 is 14.6 Å². The van der Waals surface area contributed by atoms with Gasteiger partial charge >= 0.3 is 5.97 Å². The van der Waals surface area contributed by atoms with Gasteiger partial charge in [0.15, 0.2) is 17.2 Å². The lowest BCUT2D eigenvalue weighted by molar-refractivity contribution is -0.139. The van der Waals surface area contributed by atoms with E-state index in [1.165, 1.54) is 14.2 Å². The maximum absolute atomic E-state index is 12.4. The fourth-order valence-corrected chi connectivity index (χ4v) is 1.28. The van der Waals surface area contributed by atoms with Crippen molar-refractivity contribution >= 4 is 5.97 Å². The van der Waals surface area contributed by atoms with Crippen molar-refractivity contribution in [1.82, 2.24) is 4.98 Å². The molecule has 1 aromatic rings. The van der Waals surface area contributed by atoms with Crippen molar-refractivity contribution in [3.63, 3.8) is 0 Å². The number of alkyl halides is 2. The molecule has 1 rings (SSSR count). The molecule has 1 heterocycles. The number of carbonyl (C=O) groups excluding carboxylic acids is 1. The second kappa shape index (κ2) is 5.42. The van der Waals surface area contributed by atoms with Crippen molar-refractivity contribution < 1.29 is 28.2 Å². The molecule has 0 aromatic carbocycles. The van der Waals surface area contributed by atoms with Gasteiger partial charge in [0.2, 0.25) is 0 Å². The first-order chi connectivity index (χ1) is 8.01. The molecule has 0 spiro atoms. The molecule has 94 valence electrons. The number of aromatic nitrogens is 1. The number of carbonyl (C=O) groups is 1. The van der Waals surface area contributed by atoms with Crippen molar-refractivity contribution in [2.45, 2.75) is 12.8 Å². The molecule has 0 atom stereocenters. The van der Waals surface area contributed by atoms with Crippen LogP contribution in [-0.4, -0.2) is 30.3 Å². The zero-order valence-electron chi connectivity index (χ0n) is 9.24. The lowest BCUT2D eigenvalue weighted by Gasteiger charge is -2.11. The monoisotopic (exact) mass is 247 g/mol. The van der Waals surface area contributed by atoms with Crippen LogP contribution in [0.5, 0.6) is 11.5 Å². The number of halogens is 2. The van der Waals surface area contributed by atoms with Crippen LogP contribution in [0.15, 0.2) is 6.20 Å². The van der Waals surface area contributed by atoms with Gasteiger partial charge in [-0.3, -0.25) is 9.78 Å². The third-order valence-corrected chi connectivity index (χ3v) is 2.08. The average molecular weight is 247 g/mol. The molecule has 0 bridgehead atoms. The summed E-state index contributed by atoms with van der Waals surface area (Å²) in [4.78, 5) is 14.4. The minimum Gasteiger partial charge on any atom is -0.503 e. The number of ether oxygens (including phenoxy) is 2. The van der Waals surface area contributed by atoms with Crippen LogP contribution in [0.1, 0.15) is 17.7 Å². The van der Waals surface area contributed by atoms with Crippen LogP contribution >= 0.6 is 0 Å². The lowest BCUT2D eigenvalue weighted by atomic mass is 10.1. The molecule has 0 aliphatic heterocycles. The molecule has 1 aromatic heterocycles. The van der Waals surface area contributed by atoms with Gasteiger partial charge in [-0.25, -0.2) is 8.78 Å². The Bertz CT molecular complexity index is 423. The molecule has 0 aliphatic carbocycles. The Balaban J connectivity index is 3.16. The van der Waals surface area contributed by atoms with Gasteiger partial charge in [0.1, 0.15) is 0 Å². The number of methoxy groups -OCH3 is 2.